The lowest BCUT2D eigenvalue weighted by Crippen LogP contribution is -2.35. The van der Waals surface area contributed by atoms with E-state index in [1.807, 2.05) is 49.4 Å². The van der Waals surface area contributed by atoms with E-state index in [0.29, 0.717) is 17.0 Å². The second-order valence-electron chi connectivity index (χ2n) is 6.81. The molecule has 1 atom stereocenters. The summed E-state index contributed by atoms with van der Waals surface area (Å²) >= 11 is 0. The first-order valence-electron chi connectivity index (χ1n) is 8.79. The van der Waals surface area contributed by atoms with Gasteiger partial charge in [0.1, 0.15) is 5.75 Å². The van der Waals surface area contributed by atoms with Crippen molar-refractivity contribution < 1.29 is 14.3 Å². The first-order valence-corrected chi connectivity index (χ1v) is 8.79. The number of carbonyl (C=O) groups excluding carboxylic acids is 1. The number of fused-ring (bicyclic) bond motifs is 1. The predicted molar refractivity (Wildman–Crippen MR) is 103 cm³/mol. The maximum absolute atomic E-state index is 12.5. The Labute approximate surface area is 157 Å². The van der Waals surface area contributed by atoms with E-state index in [9.17, 15) is 10.0 Å². The molecule has 1 aliphatic heterocycles. The van der Waals surface area contributed by atoms with Gasteiger partial charge in [0.05, 0.1) is 5.57 Å². The molecular formula is C23H19NO3. The summed E-state index contributed by atoms with van der Waals surface area (Å²) in [4.78, 5) is 11.9. The summed E-state index contributed by atoms with van der Waals surface area (Å²) in [6.45, 7) is 3.50. The standard InChI is InChI=1S/C23H19NO3/c1-16(25)17-11-12-22-19(14-17)20(21-10-6-7-13-24(21)26)15-23(2,27-22)18-8-4-3-5-9-18/h3-15H,1-2H3. The third kappa shape index (κ3) is 2.99. The Hall–Kier alpha value is -3.40. The SMILES string of the molecule is CC(=O)c1ccc2c(c1)C(c1cccc[n+]1[O-])=CC(C)(c1ccccc1)O2. The van der Waals surface area contributed by atoms with E-state index in [1.54, 1.807) is 30.3 Å². The molecule has 4 nitrogen and oxygen atoms in total. The van der Waals surface area contributed by atoms with Crippen molar-refractivity contribution in [3.05, 3.63) is 107 Å². The lowest BCUT2D eigenvalue weighted by Gasteiger charge is -2.34. The number of pyridine rings is 1. The Balaban J connectivity index is 1.97. The van der Waals surface area contributed by atoms with Crippen molar-refractivity contribution in [2.45, 2.75) is 19.4 Å². The van der Waals surface area contributed by atoms with Crippen LogP contribution in [0.25, 0.3) is 5.57 Å². The van der Waals surface area contributed by atoms with Crippen molar-refractivity contribution in [1.82, 2.24) is 0 Å². The molecular weight excluding hydrogens is 338 g/mol. The number of aromatic nitrogens is 1. The molecule has 1 aromatic heterocycles. The summed E-state index contributed by atoms with van der Waals surface area (Å²) < 4.78 is 7.17. The highest BCUT2D eigenvalue weighted by Crippen LogP contribution is 2.43. The van der Waals surface area contributed by atoms with Gasteiger partial charge >= 0.3 is 0 Å². The molecule has 2 heterocycles. The number of hydrogen-bond acceptors (Lipinski definition) is 3. The average Bonchev–Trinajstić information content (AvgIpc) is 2.68. The summed E-state index contributed by atoms with van der Waals surface area (Å²) in [7, 11) is 0. The maximum atomic E-state index is 12.5. The number of Topliss-reactive ketones (excluding diaryl/α,β-unsaturated/α-hetero) is 1. The molecule has 3 aromatic rings. The maximum Gasteiger partial charge on any atom is 0.224 e. The van der Waals surface area contributed by atoms with Crippen LogP contribution in [0.15, 0.2) is 79.0 Å². The molecule has 4 heteroatoms. The molecule has 0 radical (unpaired) electrons. The van der Waals surface area contributed by atoms with Crippen LogP contribution in [-0.2, 0) is 5.60 Å². The Morgan fingerprint density at radius 2 is 1.78 bits per heavy atom. The highest BCUT2D eigenvalue weighted by molar-refractivity contribution is 5.96. The smallest absolute Gasteiger partial charge is 0.224 e. The van der Waals surface area contributed by atoms with Gasteiger partial charge in [-0.15, -0.1) is 0 Å². The fourth-order valence-corrected chi connectivity index (χ4v) is 3.42. The normalized spacial score (nSPS) is 18.2. The van der Waals surface area contributed by atoms with Gasteiger partial charge in [0.2, 0.25) is 5.69 Å². The van der Waals surface area contributed by atoms with Crippen molar-refractivity contribution in [2.24, 2.45) is 0 Å². The first kappa shape index (κ1) is 17.0. The van der Waals surface area contributed by atoms with E-state index in [4.69, 9.17) is 4.74 Å². The lowest BCUT2D eigenvalue weighted by atomic mass is 9.86. The quantitative estimate of drug-likeness (QED) is 0.400. The van der Waals surface area contributed by atoms with Crippen LogP contribution < -0.4 is 9.47 Å². The van der Waals surface area contributed by atoms with E-state index < -0.39 is 5.60 Å². The zero-order chi connectivity index (χ0) is 19.0. The summed E-state index contributed by atoms with van der Waals surface area (Å²) in [6, 6.07) is 20.5. The molecule has 0 bridgehead atoms. The number of carbonyl (C=O) groups is 1. The topological polar surface area (TPSA) is 53.2 Å². The highest BCUT2D eigenvalue weighted by Gasteiger charge is 2.35. The lowest BCUT2D eigenvalue weighted by molar-refractivity contribution is -0.608. The Morgan fingerprint density at radius 3 is 2.48 bits per heavy atom. The van der Waals surface area contributed by atoms with Gasteiger partial charge in [-0.2, -0.15) is 4.73 Å². The van der Waals surface area contributed by atoms with Crippen LogP contribution >= 0.6 is 0 Å². The molecule has 1 unspecified atom stereocenters. The highest BCUT2D eigenvalue weighted by atomic mass is 16.5. The van der Waals surface area contributed by atoms with Crippen LogP contribution in [0.3, 0.4) is 0 Å². The summed E-state index contributed by atoms with van der Waals surface area (Å²) in [5, 5.41) is 12.5. The zero-order valence-corrected chi connectivity index (χ0v) is 15.2. The molecule has 27 heavy (non-hydrogen) atoms. The van der Waals surface area contributed by atoms with Crippen molar-refractivity contribution in [1.29, 1.82) is 0 Å². The van der Waals surface area contributed by atoms with Crippen LogP contribution in [-0.4, -0.2) is 5.78 Å². The van der Waals surface area contributed by atoms with Gasteiger partial charge in [-0.3, -0.25) is 4.79 Å². The minimum absolute atomic E-state index is 0.0309. The van der Waals surface area contributed by atoms with E-state index in [1.165, 1.54) is 13.1 Å². The molecule has 1 aliphatic rings. The summed E-state index contributed by atoms with van der Waals surface area (Å²) in [5.41, 5.74) is 2.85. The Kier molecular flexibility index (Phi) is 4.04. The van der Waals surface area contributed by atoms with E-state index in [0.717, 1.165) is 21.4 Å². The summed E-state index contributed by atoms with van der Waals surface area (Å²) in [5.74, 6) is 0.615. The van der Waals surface area contributed by atoms with Gasteiger partial charge < -0.3 is 9.94 Å². The molecule has 0 aliphatic carbocycles. The minimum Gasteiger partial charge on any atom is -0.618 e. The largest absolute Gasteiger partial charge is 0.618 e. The van der Waals surface area contributed by atoms with E-state index in [2.05, 4.69) is 0 Å². The third-order valence-corrected chi connectivity index (χ3v) is 4.87. The number of benzene rings is 2. The van der Waals surface area contributed by atoms with E-state index >= 15 is 0 Å². The fourth-order valence-electron chi connectivity index (χ4n) is 3.42. The Morgan fingerprint density at radius 1 is 1.04 bits per heavy atom. The number of hydrogen-bond donors (Lipinski definition) is 0. The number of nitrogens with zero attached hydrogens (tertiary/aromatic N) is 1. The van der Waals surface area contributed by atoms with Crippen molar-refractivity contribution >= 4 is 11.4 Å². The van der Waals surface area contributed by atoms with E-state index in [-0.39, 0.29) is 5.78 Å². The first-order chi connectivity index (χ1) is 13.0. The second kappa shape index (κ2) is 6.40. The molecule has 0 amide bonds. The van der Waals surface area contributed by atoms with Crippen LogP contribution in [0.1, 0.15) is 41.0 Å². The van der Waals surface area contributed by atoms with Gasteiger partial charge in [0.15, 0.2) is 17.6 Å². The molecule has 0 saturated carbocycles. The average molecular weight is 357 g/mol. The van der Waals surface area contributed by atoms with Crippen LogP contribution in [0.2, 0.25) is 0 Å². The molecule has 134 valence electrons. The monoisotopic (exact) mass is 357 g/mol. The molecule has 0 spiro atoms. The summed E-state index contributed by atoms with van der Waals surface area (Å²) in [6.07, 6.45) is 3.43. The minimum atomic E-state index is -0.732. The van der Waals surface area contributed by atoms with Crippen molar-refractivity contribution in [3.63, 3.8) is 0 Å². The molecule has 2 aromatic carbocycles. The predicted octanol–water partition coefficient (Wildman–Crippen LogP) is 4.26. The molecule has 0 fully saturated rings. The van der Waals surface area contributed by atoms with Crippen molar-refractivity contribution in [2.75, 3.05) is 0 Å². The van der Waals surface area contributed by atoms with Gasteiger partial charge in [0.25, 0.3) is 0 Å². The number of ether oxygens (including phenoxy) is 1. The van der Waals surface area contributed by atoms with Gasteiger partial charge in [-0.05, 0) is 49.8 Å². The van der Waals surface area contributed by atoms with Crippen LogP contribution in [0.4, 0.5) is 0 Å². The van der Waals surface area contributed by atoms with Gasteiger partial charge in [-0.1, -0.05) is 30.3 Å². The van der Waals surface area contributed by atoms with Crippen LogP contribution in [0.5, 0.6) is 5.75 Å². The second-order valence-corrected chi connectivity index (χ2v) is 6.81. The molecule has 0 saturated heterocycles. The van der Waals surface area contributed by atoms with Gasteiger partial charge in [-0.25, -0.2) is 0 Å². The van der Waals surface area contributed by atoms with Crippen molar-refractivity contribution in [3.8, 4) is 5.75 Å². The zero-order valence-electron chi connectivity index (χ0n) is 15.2. The fraction of sp³-hybridized carbons (Fsp3) is 0.130. The molecule has 4 rings (SSSR count). The number of ketones is 1. The Bertz CT molecular complexity index is 1060. The van der Waals surface area contributed by atoms with Crippen LogP contribution in [0, 0.1) is 5.21 Å². The van der Waals surface area contributed by atoms with Gasteiger partial charge in [0, 0.05) is 23.3 Å². The number of rotatable bonds is 3. The molecule has 0 N–H and O–H groups in total. The third-order valence-electron chi connectivity index (χ3n) is 4.87.